The second-order valence-corrected chi connectivity index (χ2v) is 12.4. The number of hydrogen-bond donors (Lipinski definition) is 3. The van der Waals surface area contributed by atoms with Crippen molar-refractivity contribution >= 4 is 17.8 Å². The van der Waals surface area contributed by atoms with E-state index in [0.29, 0.717) is 44.0 Å². The Hall–Kier alpha value is -3.43. The fourth-order valence-electron chi connectivity index (χ4n) is 7.06. The number of unbranched alkanes of at least 4 members (excludes halogenated alkanes) is 1. The van der Waals surface area contributed by atoms with E-state index in [9.17, 15) is 19.5 Å². The third-order valence-electron chi connectivity index (χ3n) is 9.84. The normalized spacial score (nSPS) is 22.7. The molecule has 43 heavy (non-hydrogen) atoms. The van der Waals surface area contributed by atoms with Gasteiger partial charge in [0.25, 0.3) is 0 Å². The smallest absolute Gasteiger partial charge is 0.335 e. The molecule has 3 N–H and O–H groups in total. The number of carboxylic acids is 1. The Labute approximate surface area is 254 Å². The van der Waals surface area contributed by atoms with E-state index in [1.54, 1.807) is 12.1 Å². The van der Waals surface area contributed by atoms with Crippen molar-refractivity contribution in [1.82, 2.24) is 15.1 Å². The van der Waals surface area contributed by atoms with E-state index in [-0.39, 0.29) is 29.3 Å². The molecule has 3 atom stereocenters. The number of rotatable bonds is 10. The molecule has 2 aromatic rings. The lowest BCUT2D eigenvalue weighted by molar-refractivity contribution is -0.166. The van der Waals surface area contributed by atoms with Crippen LogP contribution in [-0.4, -0.2) is 75.1 Å². The van der Waals surface area contributed by atoms with Gasteiger partial charge < -0.3 is 25.2 Å². The molecule has 0 unspecified atom stereocenters. The lowest BCUT2D eigenvalue weighted by Crippen LogP contribution is -2.75. The van der Waals surface area contributed by atoms with Crippen molar-refractivity contribution in [2.24, 2.45) is 5.92 Å². The van der Waals surface area contributed by atoms with Gasteiger partial charge in [-0.25, -0.2) is 4.79 Å². The van der Waals surface area contributed by atoms with Crippen LogP contribution in [0, 0.1) is 5.92 Å². The number of nitrogens with zero attached hydrogens (tertiary/aromatic N) is 2. The number of carboxylic acid groups (broad SMARTS) is 1. The maximum absolute atomic E-state index is 13.9. The number of nitrogens with one attached hydrogen (secondary N) is 1. The summed E-state index contributed by atoms with van der Waals surface area (Å²) in [6.45, 7) is 6.12. The maximum atomic E-state index is 13.9. The molecule has 232 valence electrons. The number of aliphatic hydroxyl groups is 1. The van der Waals surface area contributed by atoms with Crippen molar-refractivity contribution in [2.45, 2.75) is 95.4 Å². The Bertz CT molecular complexity index is 1270. The Morgan fingerprint density at radius 1 is 1.00 bits per heavy atom. The molecule has 2 aliphatic heterocycles. The van der Waals surface area contributed by atoms with Gasteiger partial charge in [-0.3, -0.25) is 14.5 Å². The Balaban J connectivity index is 1.23. The van der Waals surface area contributed by atoms with Crippen molar-refractivity contribution in [3.05, 3.63) is 59.7 Å². The molecule has 0 radical (unpaired) electrons. The van der Waals surface area contributed by atoms with Gasteiger partial charge >= 0.3 is 5.97 Å². The Morgan fingerprint density at radius 2 is 1.60 bits per heavy atom. The highest BCUT2D eigenvalue weighted by Gasteiger charge is 2.55. The fourth-order valence-corrected chi connectivity index (χ4v) is 7.06. The first-order chi connectivity index (χ1) is 20.7. The first-order valence-corrected chi connectivity index (χ1v) is 15.9. The van der Waals surface area contributed by atoms with Crippen LogP contribution in [0.3, 0.4) is 0 Å². The minimum absolute atomic E-state index is 0.0574. The highest BCUT2D eigenvalue weighted by molar-refractivity contribution is 6.00. The molecule has 3 fully saturated rings. The van der Waals surface area contributed by atoms with E-state index in [1.807, 2.05) is 29.2 Å². The van der Waals surface area contributed by atoms with Crippen molar-refractivity contribution in [3.8, 4) is 11.5 Å². The average Bonchev–Trinajstić information content (AvgIpc) is 3.03. The molecule has 9 heteroatoms. The van der Waals surface area contributed by atoms with Crippen molar-refractivity contribution in [1.29, 1.82) is 0 Å². The molecule has 2 aromatic carbocycles. The van der Waals surface area contributed by atoms with Crippen LogP contribution in [0.15, 0.2) is 48.5 Å². The standard InChI is InChI=1S/C34H45N3O6/c1-3-4-20-37-31(39)29(30(38)25-8-6-5-7-9-25)35-33(42)34(37)18-21-36(22-19-34)23(2)24-10-14-27(15-11-24)43-28-16-12-26(13-17-28)32(40)41/h10-17,23,25,29-30,38H,3-9,18-22H2,1-2H3,(H,35,42)(H,40,41)/t23-,29-,30-/m1/s1. The van der Waals surface area contributed by atoms with Gasteiger partial charge in [0.05, 0.1) is 11.7 Å². The predicted molar refractivity (Wildman–Crippen MR) is 163 cm³/mol. The second kappa shape index (κ2) is 13.5. The molecular weight excluding hydrogens is 546 g/mol. The summed E-state index contributed by atoms with van der Waals surface area (Å²) in [4.78, 5) is 42.9. The van der Waals surface area contributed by atoms with Gasteiger partial charge in [-0.1, -0.05) is 44.7 Å². The molecule has 3 aliphatic rings. The third kappa shape index (κ3) is 6.58. The molecule has 1 aliphatic carbocycles. The van der Waals surface area contributed by atoms with E-state index in [2.05, 4.69) is 24.1 Å². The molecule has 2 heterocycles. The number of hydrogen-bond acceptors (Lipinski definition) is 6. The number of piperidine rings is 1. The molecule has 5 rings (SSSR count). The van der Waals surface area contributed by atoms with E-state index in [4.69, 9.17) is 9.84 Å². The summed E-state index contributed by atoms with van der Waals surface area (Å²) in [5.41, 5.74) is 0.450. The van der Waals surface area contributed by atoms with Gasteiger partial charge in [-0.05, 0) is 86.9 Å². The number of aliphatic hydroxyl groups excluding tert-OH is 1. The summed E-state index contributed by atoms with van der Waals surface area (Å²) in [5, 5.41) is 23.3. The van der Waals surface area contributed by atoms with Crippen LogP contribution in [0.2, 0.25) is 0 Å². The molecule has 0 bridgehead atoms. The number of carbonyl (C=O) groups excluding carboxylic acids is 2. The number of benzene rings is 2. The van der Waals surface area contributed by atoms with Gasteiger partial charge in [0.2, 0.25) is 11.8 Å². The number of likely N-dealkylation sites (tertiary alicyclic amines) is 1. The summed E-state index contributed by atoms with van der Waals surface area (Å²) < 4.78 is 5.89. The molecule has 9 nitrogen and oxygen atoms in total. The maximum Gasteiger partial charge on any atom is 0.335 e. The van der Waals surface area contributed by atoms with Crippen LogP contribution in [0.1, 0.15) is 93.6 Å². The van der Waals surface area contributed by atoms with Crippen molar-refractivity contribution in [2.75, 3.05) is 19.6 Å². The summed E-state index contributed by atoms with van der Waals surface area (Å²) in [7, 11) is 0. The lowest BCUT2D eigenvalue weighted by atomic mass is 9.77. The first-order valence-electron chi connectivity index (χ1n) is 15.9. The first kappa shape index (κ1) is 31.0. The van der Waals surface area contributed by atoms with E-state index >= 15 is 0 Å². The number of carbonyl (C=O) groups is 3. The van der Waals surface area contributed by atoms with Gasteiger partial charge in [-0.15, -0.1) is 0 Å². The van der Waals surface area contributed by atoms with Gasteiger partial charge in [0.1, 0.15) is 23.1 Å². The van der Waals surface area contributed by atoms with E-state index in [0.717, 1.165) is 50.5 Å². The Kier molecular flexibility index (Phi) is 9.72. The van der Waals surface area contributed by atoms with E-state index < -0.39 is 23.7 Å². The molecule has 1 spiro atoms. The monoisotopic (exact) mass is 591 g/mol. The number of aromatic carboxylic acids is 1. The summed E-state index contributed by atoms with van der Waals surface area (Å²) >= 11 is 0. The number of ether oxygens (including phenoxy) is 1. The molecule has 0 aromatic heterocycles. The topological polar surface area (TPSA) is 119 Å². The van der Waals surface area contributed by atoms with Gasteiger partial charge in [0, 0.05) is 25.7 Å². The summed E-state index contributed by atoms with van der Waals surface area (Å²) in [6, 6.07) is 13.4. The van der Waals surface area contributed by atoms with Crippen molar-refractivity contribution < 1.29 is 29.3 Å². The lowest BCUT2D eigenvalue weighted by Gasteiger charge is -2.53. The van der Waals surface area contributed by atoms with Gasteiger partial charge in [0.15, 0.2) is 0 Å². The second-order valence-electron chi connectivity index (χ2n) is 12.4. The average molecular weight is 592 g/mol. The highest BCUT2D eigenvalue weighted by atomic mass is 16.5. The van der Waals surface area contributed by atoms with Crippen LogP contribution < -0.4 is 10.1 Å². The largest absolute Gasteiger partial charge is 0.478 e. The number of piperazine rings is 1. The van der Waals surface area contributed by atoms with Crippen LogP contribution in [-0.2, 0) is 9.59 Å². The Morgan fingerprint density at radius 3 is 2.19 bits per heavy atom. The minimum atomic E-state index is -0.976. The molecule has 2 amide bonds. The van der Waals surface area contributed by atoms with Gasteiger partial charge in [-0.2, -0.15) is 0 Å². The van der Waals surface area contributed by atoms with Crippen molar-refractivity contribution in [3.63, 3.8) is 0 Å². The summed E-state index contributed by atoms with van der Waals surface area (Å²) in [6.07, 6.45) is 7.11. The fraction of sp³-hybridized carbons (Fsp3) is 0.559. The minimum Gasteiger partial charge on any atom is -0.478 e. The quantitative estimate of drug-likeness (QED) is 0.350. The van der Waals surface area contributed by atoms with Crippen LogP contribution in [0.4, 0.5) is 0 Å². The van der Waals surface area contributed by atoms with Crippen LogP contribution >= 0.6 is 0 Å². The highest BCUT2D eigenvalue weighted by Crippen LogP contribution is 2.38. The zero-order chi connectivity index (χ0) is 30.6. The number of amides is 2. The molecule has 1 saturated carbocycles. The third-order valence-corrected chi connectivity index (χ3v) is 9.84. The zero-order valence-electron chi connectivity index (χ0n) is 25.3. The van der Waals surface area contributed by atoms with Crippen LogP contribution in [0.5, 0.6) is 11.5 Å². The van der Waals surface area contributed by atoms with Crippen LogP contribution in [0.25, 0.3) is 0 Å². The zero-order valence-corrected chi connectivity index (χ0v) is 25.3. The van der Waals surface area contributed by atoms with E-state index in [1.165, 1.54) is 12.1 Å². The molecule has 2 saturated heterocycles. The predicted octanol–water partition coefficient (Wildman–Crippen LogP) is 5.14. The molecular formula is C34H45N3O6. The SMILES string of the molecule is CCCCN1C(=O)[C@@H]([C@H](O)C2CCCCC2)NC(=O)C12CCN([C@H](C)c1ccc(Oc3ccc(C(=O)O)cc3)cc1)CC2. The summed E-state index contributed by atoms with van der Waals surface area (Å²) in [5.74, 6) is 0.0609.